The lowest BCUT2D eigenvalue weighted by atomic mass is 10.1. The maximum atomic E-state index is 12.4. The van der Waals surface area contributed by atoms with Crippen molar-refractivity contribution in [1.29, 1.82) is 0 Å². The lowest BCUT2D eigenvalue weighted by molar-refractivity contribution is -0.120. The molecule has 0 unspecified atom stereocenters. The van der Waals surface area contributed by atoms with E-state index >= 15 is 0 Å². The minimum absolute atomic E-state index is 0.0556. The molecule has 0 saturated heterocycles. The first-order valence-electron chi connectivity index (χ1n) is 9.78. The van der Waals surface area contributed by atoms with Gasteiger partial charge in [-0.3, -0.25) is 4.79 Å². The number of hydrogen-bond donors (Lipinski definition) is 2. The van der Waals surface area contributed by atoms with Crippen molar-refractivity contribution in [2.75, 3.05) is 13.1 Å². The molecule has 0 aliphatic carbocycles. The van der Waals surface area contributed by atoms with Crippen LogP contribution in [0.4, 0.5) is 0 Å². The van der Waals surface area contributed by atoms with Gasteiger partial charge in [-0.2, -0.15) is 5.10 Å². The summed E-state index contributed by atoms with van der Waals surface area (Å²) in [5.41, 5.74) is 3.76. The first-order chi connectivity index (χ1) is 14.3. The van der Waals surface area contributed by atoms with Gasteiger partial charge in [-0.25, -0.2) is 17.8 Å². The molecule has 0 radical (unpaired) electrons. The number of sulfonamides is 1. The van der Waals surface area contributed by atoms with E-state index in [2.05, 4.69) is 15.1 Å². The average Bonchev–Trinajstić information content (AvgIpc) is 3.23. The third-order valence-electron chi connectivity index (χ3n) is 4.71. The maximum absolute atomic E-state index is 12.4. The summed E-state index contributed by atoms with van der Waals surface area (Å²) >= 11 is 0. The van der Waals surface area contributed by atoms with Crippen LogP contribution < -0.4 is 10.0 Å². The number of amides is 1. The Hall–Kier alpha value is -2.97. The van der Waals surface area contributed by atoms with Crippen molar-refractivity contribution in [2.45, 2.75) is 31.6 Å². The van der Waals surface area contributed by atoms with E-state index in [4.69, 9.17) is 0 Å². The summed E-state index contributed by atoms with van der Waals surface area (Å²) in [7, 11) is -3.63. The van der Waals surface area contributed by atoms with Crippen LogP contribution in [0.1, 0.15) is 23.1 Å². The van der Waals surface area contributed by atoms with Crippen molar-refractivity contribution in [2.24, 2.45) is 0 Å². The van der Waals surface area contributed by atoms with Crippen LogP contribution in [-0.2, 0) is 21.2 Å². The molecule has 3 rings (SSSR count). The number of aryl methyl sites for hydroxylation is 2. The Balaban J connectivity index is 1.41. The van der Waals surface area contributed by atoms with Crippen LogP contribution in [-0.4, -0.2) is 37.2 Å². The molecule has 3 aromatic rings. The normalized spacial score (nSPS) is 11.4. The number of benzene rings is 2. The minimum Gasteiger partial charge on any atom is -0.356 e. The highest BCUT2D eigenvalue weighted by Crippen LogP contribution is 2.16. The number of nitrogens with zero attached hydrogens (tertiary/aromatic N) is 2. The van der Waals surface area contributed by atoms with Gasteiger partial charge in [0.2, 0.25) is 15.9 Å². The number of hydrogen-bond acceptors (Lipinski definition) is 4. The van der Waals surface area contributed by atoms with E-state index in [1.165, 1.54) is 0 Å². The standard InChI is InChI=1S/C22H26N4O3S/c1-17-4-9-21(18(2)16-17)30(28,29)25-14-11-22(27)23-13-10-19-5-7-20(8-6-19)26-15-3-12-24-26/h3-9,12,15-16,25H,10-11,13-14H2,1-2H3,(H,23,27). The van der Waals surface area contributed by atoms with Gasteiger partial charge in [-0.1, -0.05) is 29.8 Å². The molecular weight excluding hydrogens is 400 g/mol. The van der Waals surface area contributed by atoms with Crippen molar-refractivity contribution < 1.29 is 13.2 Å². The zero-order chi connectivity index (χ0) is 21.6. The monoisotopic (exact) mass is 426 g/mol. The predicted octanol–water partition coefficient (Wildman–Crippen LogP) is 2.52. The summed E-state index contributed by atoms with van der Waals surface area (Å²) in [5.74, 6) is -0.188. The zero-order valence-electron chi connectivity index (χ0n) is 17.1. The third kappa shape index (κ3) is 5.77. The first kappa shape index (κ1) is 21.7. The van der Waals surface area contributed by atoms with E-state index in [1.54, 1.807) is 29.9 Å². The fourth-order valence-electron chi connectivity index (χ4n) is 3.15. The summed E-state index contributed by atoms with van der Waals surface area (Å²) < 4.78 is 29.1. The molecule has 2 N–H and O–H groups in total. The van der Waals surface area contributed by atoms with Crippen LogP contribution in [0.15, 0.2) is 65.8 Å². The van der Waals surface area contributed by atoms with Crippen molar-refractivity contribution in [1.82, 2.24) is 19.8 Å². The Morgan fingerprint density at radius 1 is 1.07 bits per heavy atom. The molecule has 2 aromatic carbocycles. The number of carbonyl (C=O) groups excluding carboxylic acids is 1. The summed E-state index contributed by atoms with van der Waals surface area (Å²) in [6.45, 7) is 4.22. The highest BCUT2D eigenvalue weighted by molar-refractivity contribution is 7.89. The van der Waals surface area contributed by atoms with E-state index < -0.39 is 10.0 Å². The molecule has 0 aliphatic heterocycles. The van der Waals surface area contributed by atoms with Crippen molar-refractivity contribution in [3.8, 4) is 5.69 Å². The zero-order valence-corrected chi connectivity index (χ0v) is 17.9. The molecule has 158 valence electrons. The van der Waals surface area contributed by atoms with Gasteiger partial charge in [0.1, 0.15) is 0 Å². The fraction of sp³-hybridized carbons (Fsp3) is 0.273. The Labute approximate surface area is 177 Å². The quantitative estimate of drug-likeness (QED) is 0.550. The molecule has 7 nitrogen and oxygen atoms in total. The summed E-state index contributed by atoms with van der Waals surface area (Å²) in [4.78, 5) is 12.3. The van der Waals surface area contributed by atoms with Crippen LogP contribution >= 0.6 is 0 Å². The molecule has 30 heavy (non-hydrogen) atoms. The van der Waals surface area contributed by atoms with Crippen LogP contribution in [0, 0.1) is 13.8 Å². The van der Waals surface area contributed by atoms with Gasteiger partial charge in [-0.15, -0.1) is 0 Å². The first-order valence-corrected chi connectivity index (χ1v) is 11.3. The number of carbonyl (C=O) groups is 1. The molecule has 1 heterocycles. The predicted molar refractivity (Wildman–Crippen MR) is 116 cm³/mol. The van der Waals surface area contributed by atoms with Gasteiger partial charge < -0.3 is 5.32 Å². The van der Waals surface area contributed by atoms with Gasteiger partial charge in [0.05, 0.1) is 10.6 Å². The van der Waals surface area contributed by atoms with Crippen molar-refractivity contribution in [3.63, 3.8) is 0 Å². The molecule has 0 bridgehead atoms. The van der Waals surface area contributed by atoms with Gasteiger partial charge in [0.25, 0.3) is 0 Å². The molecule has 8 heteroatoms. The lowest BCUT2D eigenvalue weighted by Crippen LogP contribution is -2.32. The van der Waals surface area contributed by atoms with Gasteiger partial charge in [0, 0.05) is 31.9 Å². The smallest absolute Gasteiger partial charge is 0.240 e. The Bertz CT molecular complexity index is 1090. The molecule has 0 aliphatic rings. The van der Waals surface area contributed by atoms with E-state index in [0.717, 1.165) is 16.8 Å². The Morgan fingerprint density at radius 3 is 2.50 bits per heavy atom. The fourth-order valence-corrected chi connectivity index (χ4v) is 4.41. The van der Waals surface area contributed by atoms with E-state index in [-0.39, 0.29) is 23.8 Å². The molecule has 0 fully saturated rings. The second kappa shape index (κ2) is 9.69. The molecule has 0 atom stereocenters. The number of nitrogens with one attached hydrogen (secondary N) is 2. The molecule has 1 amide bonds. The number of rotatable bonds is 9. The van der Waals surface area contributed by atoms with Gasteiger partial charge in [-0.05, 0) is 55.7 Å². The summed E-state index contributed by atoms with van der Waals surface area (Å²) in [6.07, 6.45) is 4.39. The Kier molecular flexibility index (Phi) is 7.02. The van der Waals surface area contributed by atoms with E-state index in [1.807, 2.05) is 49.5 Å². The summed E-state index contributed by atoms with van der Waals surface area (Å²) in [6, 6.07) is 15.0. The molecule has 1 aromatic heterocycles. The molecule has 0 saturated carbocycles. The van der Waals surface area contributed by atoms with Crippen LogP contribution in [0.2, 0.25) is 0 Å². The van der Waals surface area contributed by atoms with Crippen molar-refractivity contribution in [3.05, 3.63) is 77.6 Å². The molecule has 0 spiro atoms. The van der Waals surface area contributed by atoms with Crippen molar-refractivity contribution >= 4 is 15.9 Å². The largest absolute Gasteiger partial charge is 0.356 e. The third-order valence-corrected chi connectivity index (χ3v) is 6.33. The highest BCUT2D eigenvalue weighted by Gasteiger charge is 2.16. The minimum atomic E-state index is -3.63. The SMILES string of the molecule is Cc1ccc(S(=O)(=O)NCCC(=O)NCCc2ccc(-n3cccn3)cc2)c(C)c1. The van der Waals surface area contributed by atoms with E-state index in [9.17, 15) is 13.2 Å². The highest BCUT2D eigenvalue weighted by atomic mass is 32.2. The van der Waals surface area contributed by atoms with Gasteiger partial charge >= 0.3 is 0 Å². The maximum Gasteiger partial charge on any atom is 0.240 e. The second-order valence-electron chi connectivity index (χ2n) is 7.13. The van der Waals surface area contributed by atoms with Gasteiger partial charge in [0.15, 0.2) is 0 Å². The topological polar surface area (TPSA) is 93.1 Å². The van der Waals surface area contributed by atoms with E-state index in [0.29, 0.717) is 18.5 Å². The van der Waals surface area contributed by atoms with Crippen LogP contribution in [0.5, 0.6) is 0 Å². The Morgan fingerprint density at radius 2 is 1.83 bits per heavy atom. The van der Waals surface area contributed by atoms with Crippen LogP contribution in [0.25, 0.3) is 5.69 Å². The number of aromatic nitrogens is 2. The van der Waals surface area contributed by atoms with Crippen LogP contribution in [0.3, 0.4) is 0 Å². The summed E-state index contributed by atoms with van der Waals surface area (Å²) in [5, 5.41) is 7.01. The second-order valence-corrected chi connectivity index (χ2v) is 8.87. The average molecular weight is 427 g/mol. The lowest BCUT2D eigenvalue weighted by Gasteiger charge is -2.10. The molecular formula is C22H26N4O3S.